The van der Waals surface area contributed by atoms with Crippen molar-refractivity contribution in [2.75, 3.05) is 13.6 Å². The topological polar surface area (TPSA) is 83.6 Å². The van der Waals surface area contributed by atoms with Crippen molar-refractivity contribution in [3.8, 4) is 0 Å². The Morgan fingerprint density at radius 3 is 2.46 bits per heavy atom. The lowest BCUT2D eigenvalue weighted by Crippen LogP contribution is -2.50. The molecule has 5 nitrogen and oxygen atoms in total. The van der Waals surface area contributed by atoms with Crippen LogP contribution in [0.5, 0.6) is 0 Å². The molecule has 3 N–H and O–H groups in total. The highest BCUT2D eigenvalue weighted by Gasteiger charge is 2.39. The summed E-state index contributed by atoms with van der Waals surface area (Å²) in [5.74, 6) is -1.53. The predicted molar refractivity (Wildman–Crippen MR) is 46.0 cm³/mol. The predicted octanol–water partition coefficient (Wildman–Crippen LogP) is -0.733. The lowest BCUT2D eigenvalue weighted by atomic mass is 9.79. The fourth-order valence-corrected chi connectivity index (χ4v) is 1.66. The molecule has 1 saturated carbocycles. The maximum Gasteiger partial charge on any atom is 0.308 e. The van der Waals surface area contributed by atoms with Gasteiger partial charge in [0.05, 0.1) is 12.5 Å². The van der Waals surface area contributed by atoms with Crippen molar-refractivity contribution in [2.45, 2.75) is 18.9 Å². The van der Waals surface area contributed by atoms with Crippen LogP contribution in [0.15, 0.2) is 0 Å². The first-order valence-corrected chi connectivity index (χ1v) is 4.23. The second-order valence-electron chi connectivity index (χ2n) is 3.47. The van der Waals surface area contributed by atoms with Crippen molar-refractivity contribution < 1.29 is 14.7 Å². The summed E-state index contributed by atoms with van der Waals surface area (Å²) >= 11 is 0. The zero-order valence-electron chi connectivity index (χ0n) is 7.56. The van der Waals surface area contributed by atoms with Gasteiger partial charge < -0.3 is 10.8 Å². The Hall–Kier alpha value is -1.10. The van der Waals surface area contributed by atoms with E-state index in [-0.39, 0.29) is 18.5 Å². The Bertz CT molecular complexity index is 229. The van der Waals surface area contributed by atoms with E-state index in [4.69, 9.17) is 10.8 Å². The fourth-order valence-electron chi connectivity index (χ4n) is 1.66. The van der Waals surface area contributed by atoms with Crippen LogP contribution in [0.1, 0.15) is 12.8 Å². The maximum absolute atomic E-state index is 10.6. The molecule has 0 aromatic rings. The number of amides is 1. The van der Waals surface area contributed by atoms with Gasteiger partial charge in [-0.1, -0.05) is 0 Å². The number of carbonyl (C=O) groups is 2. The number of carboxylic acid groups (broad SMARTS) is 1. The molecule has 1 fully saturated rings. The maximum atomic E-state index is 10.6. The highest BCUT2D eigenvalue weighted by atomic mass is 16.4. The first-order valence-electron chi connectivity index (χ1n) is 4.23. The molecule has 0 radical (unpaired) electrons. The second kappa shape index (κ2) is 3.74. The minimum atomic E-state index is -0.785. The van der Waals surface area contributed by atoms with Crippen LogP contribution in [0.4, 0.5) is 0 Å². The number of carbonyl (C=O) groups excluding carboxylic acids is 1. The number of hydrogen-bond donors (Lipinski definition) is 2. The Morgan fingerprint density at radius 1 is 1.54 bits per heavy atom. The van der Waals surface area contributed by atoms with Crippen molar-refractivity contribution in [3.05, 3.63) is 0 Å². The van der Waals surface area contributed by atoms with E-state index in [9.17, 15) is 9.59 Å². The van der Waals surface area contributed by atoms with E-state index < -0.39 is 11.9 Å². The number of rotatable bonds is 4. The molecule has 1 aliphatic carbocycles. The number of carboxylic acids is 1. The quantitative estimate of drug-likeness (QED) is 0.606. The molecule has 0 saturated heterocycles. The molecule has 0 spiro atoms. The Balaban J connectivity index is 2.44. The summed E-state index contributed by atoms with van der Waals surface area (Å²) < 4.78 is 0. The normalized spacial score (nSPS) is 26.9. The molecule has 1 amide bonds. The van der Waals surface area contributed by atoms with Crippen LogP contribution in [-0.4, -0.2) is 41.5 Å². The van der Waals surface area contributed by atoms with Gasteiger partial charge in [-0.3, -0.25) is 14.5 Å². The van der Waals surface area contributed by atoms with Crippen molar-refractivity contribution in [1.82, 2.24) is 4.90 Å². The summed E-state index contributed by atoms with van der Waals surface area (Å²) in [6.07, 6.45) is 1.53. The van der Waals surface area contributed by atoms with E-state index >= 15 is 0 Å². The summed E-state index contributed by atoms with van der Waals surface area (Å²) in [5, 5.41) is 8.74. The standard InChI is InChI=1S/C8H14N2O3/c1-10(4-7(9)11)6-3-2-5(6)8(12)13/h5-6H,2-4H2,1H3,(H2,9,11)(H,12,13). The van der Waals surface area contributed by atoms with E-state index in [2.05, 4.69) is 0 Å². The molecule has 0 aliphatic heterocycles. The largest absolute Gasteiger partial charge is 0.481 e. The molecule has 0 aromatic heterocycles. The minimum Gasteiger partial charge on any atom is -0.481 e. The van der Waals surface area contributed by atoms with E-state index in [1.807, 2.05) is 0 Å². The van der Waals surface area contributed by atoms with Crippen LogP contribution in [0.25, 0.3) is 0 Å². The van der Waals surface area contributed by atoms with Crippen LogP contribution < -0.4 is 5.73 Å². The summed E-state index contributed by atoms with van der Waals surface area (Å²) in [5.41, 5.74) is 5.00. The number of primary amides is 1. The summed E-state index contributed by atoms with van der Waals surface area (Å²) in [7, 11) is 1.73. The van der Waals surface area contributed by atoms with E-state index in [1.54, 1.807) is 11.9 Å². The van der Waals surface area contributed by atoms with Gasteiger partial charge in [-0.2, -0.15) is 0 Å². The third-order valence-corrected chi connectivity index (χ3v) is 2.53. The summed E-state index contributed by atoms with van der Waals surface area (Å²) in [4.78, 5) is 22.9. The van der Waals surface area contributed by atoms with Gasteiger partial charge in [0, 0.05) is 6.04 Å². The molecule has 0 heterocycles. The fraction of sp³-hybridized carbons (Fsp3) is 0.750. The molecule has 1 rings (SSSR count). The molecule has 0 bridgehead atoms. The van der Waals surface area contributed by atoms with E-state index in [1.165, 1.54) is 0 Å². The number of hydrogen-bond acceptors (Lipinski definition) is 3. The first kappa shape index (κ1) is 9.98. The van der Waals surface area contributed by atoms with Gasteiger partial charge in [0.2, 0.25) is 5.91 Å². The first-order chi connectivity index (χ1) is 6.02. The lowest BCUT2D eigenvalue weighted by Gasteiger charge is -2.39. The van der Waals surface area contributed by atoms with Gasteiger partial charge in [-0.25, -0.2) is 0 Å². The molecular weight excluding hydrogens is 172 g/mol. The van der Waals surface area contributed by atoms with Crippen LogP contribution in [0.3, 0.4) is 0 Å². The molecule has 74 valence electrons. The second-order valence-corrected chi connectivity index (χ2v) is 3.47. The van der Waals surface area contributed by atoms with Crippen LogP contribution in [0.2, 0.25) is 0 Å². The third-order valence-electron chi connectivity index (χ3n) is 2.53. The van der Waals surface area contributed by atoms with Crippen LogP contribution >= 0.6 is 0 Å². The van der Waals surface area contributed by atoms with Crippen molar-refractivity contribution in [2.24, 2.45) is 11.7 Å². The Kier molecular flexibility index (Phi) is 2.87. The smallest absolute Gasteiger partial charge is 0.308 e. The van der Waals surface area contributed by atoms with Gasteiger partial charge in [0.1, 0.15) is 0 Å². The SMILES string of the molecule is CN(CC(N)=O)C1CCC1C(=O)O. The monoisotopic (exact) mass is 186 g/mol. The number of likely N-dealkylation sites (N-methyl/N-ethyl adjacent to an activating group) is 1. The molecule has 0 aromatic carbocycles. The van der Waals surface area contributed by atoms with Crippen molar-refractivity contribution in [1.29, 1.82) is 0 Å². The van der Waals surface area contributed by atoms with Gasteiger partial charge in [0.25, 0.3) is 0 Å². The zero-order valence-corrected chi connectivity index (χ0v) is 7.56. The zero-order chi connectivity index (χ0) is 10.0. The average Bonchev–Trinajstić information content (AvgIpc) is 1.79. The van der Waals surface area contributed by atoms with Crippen LogP contribution in [-0.2, 0) is 9.59 Å². The number of nitrogens with two attached hydrogens (primary N) is 1. The van der Waals surface area contributed by atoms with Gasteiger partial charge >= 0.3 is 5.97 Å². The minimum absolute atomic E-state index is 0.0231. The highest BCUT2D eigenvalue weighted by molar-refractivity contribution is 5.76. The van der Waals surface area contributed by atoms with Gasteiger partial charge in [-0.15, -0.1) is 0 Å². The van der Waals surface area contributed by atoms with E-state index in [0.29, 0.717) is 6.42 Å². The van der Waals surface area contributed by atoms with Crippen molar-refractivity contribution in [3.63, 3.8) is 0 Å². The van der Waals surface area contributed by atoms with Crippen LogP contribution in [0, 0.1) is 5.92 Å². The van der Waals surface area contributed by atoms with E-state index in [0.717, 1.165) is 6.42 Å². The summed E-state index contributed by atoms with van der Waals surface area (Å²) in [6, 6.07) is -0.0231. The van der Waals surface area contributed by atoms with Gasteiger partial charge in [0.15, 0.2) is 0 Å². The highest BCUT2D eigenvalue weighted by Crippen LogP contribution is 2.31. The molecule has 13 heavy (non-hydrogen) atoms. The molecule has 2 unspecified atom stereocenters. The Labute approximate surface area is 76.5 Å². The molecule has 5 heteroatoms. The number of nitrogens with zero attached hydrogens (tertiary/aromatic N) is 1. The van der Waals surface area contributed by atoms with Gasteiger partial charge in [-0.05, 0) is 19.9 Å². The molecular formula is C8H14N2O3. The number of aliphatic carboxylic acids is 1. The van der Waals surface area contributed by atoms with Crippen molar-refractivity contribution >= 4 is 11.9 Å². The molecule has 1 aliphatic rings. The molecule has 2 atom stereocenters. The average molecular weight is 186 g/mol. The summed E-state index contributed by atoms with van der Waals surface area (Å²) in [6.45, 7) is 0.133. The Morgan fingerprint density at radius 2 is 2.15 bits per heavy atom. The third kappa shape index (κ3) is 2.18. The lowest BCUT2D eigenvalue weighted by molar-refractivity contribution is -0.149.